The Balaban J connectivity index is 1.27. The molecule has 136 valence electrons. The van der Waals surface area contributed by atoms with Gasteiger partial charge >= 0.3 is 0 Å². The Bertz CT molecular complexity index is 765. The Morgan fingerprint density at radius 3 is 2.62 bits per heavy atom. The first-order valence-electron chi connectivity index (χ1n) is 9.61. The highest BCUT2D eigenvalue weighted by atomic mass is 16.6. The summed E-state index contributed by atoms with van der Waals surface area (Å²) >= 11 is 0. The van der Waals surface area contributed by atoms with Gasteiger partial charge in [-0.1, -0.05) is 24.3 Å². The molecule has 5 rings (SSSR count). The van der Waals surface area contributed by atoms with E-state index in [-0.39, 0.29) is 6.10 Å². The first kappa shape index (κ1) is 16.1. The van der Waals surface area contributed by atoms with E-state index >= 15 is 0 Å². The molecule has 4 heterocycles. The molecule has 2 N–H and O–H groups in total. The Hall–Kier alpha value is -2.11. The monoisotopic (exact) mass is 351 g/mol. The number of hydrogen-bond donors (Lipinski definition) is 1. The Morgan fingerprint density at radius 1 is 1.08 bits per heavy atom. The molecular weight excluding hydrogens is 326 g/mol. The van der Waals surface area contributed by atoms with Gasteiger partial charge in [0.05, 0.1) is 0 Å². The van der Waals surface area contributed by atoms with Crippen LogP contribution in [0.1, 0.15) is 42.9 Å². The standard InChI is InChI=1S/C21H25N3O2/c22-16-10-17-7-8-18(11-16)24(17)12-14-3-5-15(6-4-14)20-13-25-19-2-1-9-23-21(19)26-20/h1-6,9,16-18,20H,7-8,10-13,22H2. The topological polar surface area (TPSA) is 60.6 Å². The van der Waals surface area contributed by atoms with E-state index in [1.165, 1.54) is 18.4 Å². The molecule has 3 unspecified atom stereocenters. The lowest BCUT2D eigenvalue weighted by Gasteiger charge is -2.37. The number of hydrogen-bond acceptors (Lipinski definition) is 5. The van der Waals surface area contributed by atoms with Crippen LogP contribution in [-0.2, 0) is 6.54 Å². The quantitative estimate of drug-likeness (QED) is 0.921. The van der Waals surface area contributed by atoms with Crippen LogP contribution < -0.4 is 15.2 Å². The van der Waals surface area contributed by atoms with Crippen molar-refractivity contribution in [3.63, 3.8) is 0 Å². The van der Waals surface area contributed by atoms with Gasteiger partial charge in [0.1, 0.15) is 6.61 Å². The van der Waals surface area contributed by atoms with Crippen molar-refractivity contribution >= 4 is 0 Å². The lowest BCUT2D eigenvalue weighted by atomic mass is 9.97. The molecule has 3 aliphatic heterocycles. The molecule has 1 aromatic heterocycles. The molecule has 0 spiro atoms. The van der Waals surface area contributed by atoms with Gasteiger partial charge in [-0.2, -0.15) is 0 Å². The van der Waals surface area contributed by atoms with E-state index < -0.39 is 0 Å². The highest BCUT2D eigenvalue weighted by Crippen LogP contribution is 2.37. The normalized spacial score (nSPS) is 30.3. The van der Waals surface area contributed by atoms with Gasteiger partial charge in [0, 0.05) is 30.9 Å². The number of ether oxygens (including phenoxy) is 2. The number of nitrogens with two attached hydrogens (primary N) is 1. The average molecular weight is 351 g/mol. The molecule has 2 fully saturated rings. The van der Waals surface area contributed by atoms with Crippen molar-refractivity contribution in [3.05, 3.63) is 53.7 Å². The van der Waals surface area contributed by atoms with Gasteiger partial charge in [0.2, 0.25) is 0 Å². The van der Waals surface area contributed by atoms with Crippen LogP contribution in [0, 0.1) is 0 Å². The maximum absolute atomic E-state index is 6.19. The molecule has 0 radical (unpaired) electrons. The van der Waals surface area contributed by atoms with Gasteiger partial charge in [-0.3, -0.25) is 4.90 Å². The van der Waals surface area contributed by atoms with E-state index in [0.29, 0.717) is 30.6 Å². The van der Waals surface area contributed by atoms with Crippen LogP contribution in [0.5, 0.6) is 11.6 Å². The first-order valence-corrected chi connectivity index (χ1v) is 9.61. The van der Waals surface area contributed by atoms with Crippen molar-refractivity contribution < 1.29 is 9.47 Å². The van der Waals surface area contributed by atoms with Crippen LogP contribution in [0.25, 0.3) is 0 Å². The molecule has 2 aromatic rings. The van der Waals surface area contributed by atoms with E-state index in [1.807, 2.05) is 12.1 Å². The second kappa shape index (κ2) is 6.56. The fourth-order valence-corrected chi connectivity index (χ4v) is 4.70. The third-order valence-electron chi connectivity index (χ3n) is 6.02. The van der Waals surface area contributed by atoms with Gasteiger partial charge in [0.25, 0.3) is 5.88 Å². The van der Waals surface area contributed by atoms with Crippen LogP contribution >= 0.6 is 0 Å². The molecule has 3 aliphatic rings. The number of aromatic nitrogens is 1. The SMILES string of the molecule is NC1CC2CCC(C1)N2Cc1ccc(C2COc3cccnc3O2)cc1. The van der Waals surface area contributed by atoms with Gasteiger partial charge in [-0.15, -0.1) is 0 Å². The zero-order chi connectivity index (χ0) is 17.5. The van der Waals surface area contributed by atoms with Crippen molar-refractivity contribution in [1.29, 1.82) is 0 Å². The summed E-state index contributed by atoms with van der Waals surface area (Å²) in [6, 6.07) is 14.2. The molecule has 0 aliphatic carbocycles. The summed E-state index contributed by atoms with van der Waals surface area (Å²) in [5, 5.41) is 0. The third-order valence-corrected chi connectivity index (χ3v) is 6.02. The number of rotatable bonds is 3. The molecular formula is C21H25N3O2. The minimum absolute atomic E-state index is 0.101. The zero-order valence-electron chi connectivity index (χ0n) is 14.9. The van der Waals surface area contributed by atoms with Gasteiger partial charge in [-0.05, 0) is 48.9 Å². The third kappa shape index (κ3) is 2.95. The summed E-state index contributed by atoms with van der Waals surface area (Å²) in [6.45, 7) is 1.54. The molecule has 5 heteroatoms. The Morgan fingerprint density at radius 2 is 1.85 bits per heavy atom. The Labute approximate surface area is 154 Å². The molecule has 0 amide bonds. The summed E-state index contributed by atoms with van der Waals surface area (Å²) in [5.41, 5.74) is 8.68. The van der Waals surface area contributed by atoms with E-state index in [9.17, 15) is 0 Å². The minimum Gasteiger partial charge on any atom is -0.484 e. The van der Waals surface area contributed by atoms with Crippen LogP contribution in [-0.4, -0.2) is 34.6 Å². The number of nitrogens with zero attached hydrogens (tertiary/aromatic N) is 2. The predicted octanol–water partition coefficient (Wildman–Crippen LogP) is 3.05. The van der Waals surface area contributed by atoms with E-state index in [0.717, 1.165) is 30.7 Å². The van der Waals surface area contributed by atoms with Crippen molar-refractivity contribution in [2.24, 2.45) is 5.73 Å². The highest BCUT2D eigenvalue weighted by Gasteiger charge is 2.39. The van der Waals surface area contributed by atoms with Crippen LogP contribution in [0.3, 0.4) is 0 Å². The molecule has 0 saturated carbocycles. The number of fused-ring (bicyclic) bond motifs is 3. The van der Waals surface area contributed by atoms with Crippen molar-refractivity contribution in [3.8, 4) is 11.6 Å². The molecule has 2 bridgehead atoms. The van der Waals surface area contributed by atoms with Crippen molar-refractivity contribution in [2.75, 3.05) is 6.61 Å². The van der Waals surface area contributed by atoms with E-state index in [4.69, 9.17) is 15.2 Å². The predicted molar refractivity (Wildman–Crippen MR) is 99.1 cm³/mol. The smallest absolute Gasteiger partial charge is 0.257 e. The van der Waals surface area contributed by atoms with Gasteiger partial charge in [-0.25, -0.2) is 4.98 Å². The van der Waals surface area contributed by atoms with Gasteiger partial charge < -0.3 is 15.2 Å². The van der Waals surface area contributed by atoms with Gasteiger partial charge in [0.15, 0.2) is 11.9 Å². The first-order chi connectivity index (χ1) is 12.8. The second-order valence-corrected chi connectivity index (χ2v) is 7.75. The number of pyridine rings is 1. The van der Waals surface area contributed by atoms with Crippen molar-refractivity contribution in [1.82, 2.24) is 9.88 Å². The highest BCUT2D eigenvalue weighted by molar-refractivity contribution is 5.36. The summed E-state index contributed by atoms with van der Waals surface area (Å²) in [4.78, 5) is 6.92. The number of piperidine rings is 1. The molecule has 1 aromatic carbocycles. The fraction of sp³-hybridized carbons (Fsp3) is 0.476. The summed E-state index contributed by atoms with van der Waals surface area (Å²) in [6.07, 6.45) is 6.52. The fourth-order valence-electron chi connectivity index (χ4n) is 4.70. The lowest BCUT2D eigenvalue weighted by Crippen LogP contribution is -2.46. The van der Waals surface area contributed by atoms with Crippen LogP contribution in [0.4, 0.5) is 0 Å². The van der Waals surface area contributed by atoms with E-state index in [1.54, 1.807) is 6.20 Å². The van der Waals surface area contributed by atoms with Crippen LogP contribution in [0.2, 0.25) is 0 Å². The molecule has 2 saturated heterocycles. The summed E-state index contributed by atoms with van der Waals surface area (Å²) in [5.74, 6) is 1.30. The zero-order valence-corrected chi connectivity index (χ0v) is 14.9. The number of benzene rings is 1. The van der Waals surface area contributed by atoms with E-state index in [2.05, 4.69) is 34.1 Å². The molecule has 5 nitrogen and oxygen atoms in total. The molecule has 26 heavy (non-hydrogen) atoms. The largest absolute Gasteiger partial charge is 0.484 e. The molecule has 3 atom stereocenters. The van der Waals surface area contributed by atoms with Crippen LogP contribution in [0.15, 0.2) is 42.6 Å². The minimum atomic E-state index is -0.101. The summed E-state index contributed by atoms with van der Waals surface area (Å²) in [7, 11) is 0. The lowest BCUT2D eigenvalue weighted by molar-refractivity contribution is 0.0850. The summed E-state index contributed by atoms with van der Waals surface area (Å²) < 4.78 is 11.8. The van der Waals surface area contributed by atoms with Crippen molar-refractivity contribution in [2.45, 2.75) is 56.5 Å². The maximum Gasteiger partial charge on any atom is 0.257 e. The second-order valence-electron chi connectivity index (χ2n) is 7.75. The average Bonchev–Trinajstić information content (AvgIpc) is 2.91. The Kier molecular flexibility index (Phi) is 4.06. The maximum atomic E-state index is 6.19.